The van der Waals surface area contributed by atoms with E-state index in [1.807, 2.05) is 13.0 Å². The summed E-state index contributed by atoms with van der Waals surface area (Å²) in [6, 6.07) is 4.97. The lowest BCUT2D eigenvalue weighted by Gasteiger charge is -2.08. The third-order valence-electron chi connectivity index (χ3n) is 2.61. The first-order valence-corrected chi connectivity index (χ1v) is 7.06. The Labute approximate surface area is 125 Å². The molecule has 0 unspecified atom stereocenters. The highest BCUT2D eigenvalue weighted by molar-refractivity contribution is 9.10. The van der Waals surface area contributed by atoms with Gasteiger partial charge < -0.3 is 10.1 Å². The summed E-state index contributed by atoms with van der Waals surface area (Å²) in [4.78, 5) is 8.29. The smallest absolute Gasteiger partial charge is 0.165 e. The van der Waals surface area contributed by atoms with E-state index in [2.05, 4.69) is 31.2 Å². The molecule has 2 aromatic rings. The van der Waals surface area contributed by atoms with E-state index in [1.165, 1.54) is 6.07 Å². The second-order valence-corrected chi connectivity index (χ2v) is 4.94. The Balaban J connectivity index is 1.87. The van der Waals surface area contributed by atoms with Gasteiger partial charge in [0, 0.05) is 13.1 Å². The van der Waals surface area contributed by atoms with Gasteiger partial charge in [-0.05, 0) is 40.5 Å². The molecule has 0 aliphatic heterocycles. The van der Waals surface area contributed by atoms with Gasteiger partial charge in [0.15, 0.2) is 11.6 Å². The van der Waals surface area contributed by atoms with Crippen molar-refractivity contribution in [3.05, 3.63) is 52.3 Å². The third kappa shape index (κ3) is 4.25. The number of ether oxygens (including phenoxy) is 1. The van der Waals surface area contributed by atoms with Crippen molar-refractivity contribution in [1.82, 2.24) is 15.3 Å². The molecule has 0 bridgehead atoms. The number of benzene rings is 1. The Kier molecular flexibility index (Phi) is 5.43. The largest absolute Gasteiger partial charge is 0.491 e. The fourth-order valence-corrected chi connectivity index (χ4v) is 1.90. The van der Waals surface area contributed by atoms with Crippen LogP contribution in [0.25, 0.3) is 0 Å². The monoisotopic (exact) mass is 339 g/mol. The molecule has 1 aromatic carbocycles. The molecule has 0 aliphatic carbocycles. The van der Waals surface area contributed by atoms with Crippen LogP contribution in [0.1, 0.15) is 18.2 Å². The lowest BCUT2D eigenvalue weighted by atomic mass is 10.2. The van der Waals surface area contributed by atoms with Gasteiger partial charge >= 0.3 is 0 Å². The van der Waals surface area contributed by atoms with Gasteiger partial charge in [0.05, 0.1) is 24.7 Å². The first-order chi connectivity index (χ1) is 9.69. The van der Waals surface area contributed by atoms with E-state index in [1.54, 1.807) is 18.5 Å². The molecule has 0 radical (unpaired) electrons. The SMILES string of the molecule is CCOc1ccc(CNCc2cnc(Br)cn2)cc1F. The molecule has 0 saturated heterocycles. The maximum Gasteiger partial charge on any atom is 0.165 e. The number of halogens is 2. The molecule has 0 atom stereocenters. The Morgan fingerprint density at radius 1 is 1.25 bits per heavy atom. The number of hydrogen-bond donors (Lipinski definition) is 1. The normalized spacial score (nSPS) is 10.6. The summed E-state index contributed by atoms with van der Waals surface area (Å²) in [5.41, 5.74) is 1.69. The molecule has 1 aromatic heterocycles. The number of nitrogens with zero attached hydrogens (tertiary/aromatic N) is 2. The second-order valence-electron chi connectivity index (χ2n) is 4.13. The van der Waals surface area contributed by atoms with Gasteiger partial charge in [-0.1, -0.05) is 6.07 Å². The van der Waals surface area contributed by atoms with E-state index in [4.69, 9.17) is 4.74 Å². The van der Waals surface area contributed by atoms with Gasteiger partial charge in [-0.2, -0.15) is 0 Å². The molecule has 0 fully saturated rings. The summed E-state index contributed by atoms with van der Waals surface area (Å²) in [7, 11) is 0. The van der Waals surface area contributed by atoms with Gasteiger partial charge in [-0.15, -0.1) is 0 Å². The molecule has 106 valence electrons. The van der Waals surface area contributed by atoms with Gasteiger partial charge in [-0.3, -0.25) is 4.98 Å². The van der Waals surface area contributed by atoms with E-state index in [9.17, 15) is 4.39 Å². The maximum atomic E-state index is 13.7. The van der Waals surface area contributed by atoms with Crippen LogP contribution in [-0.2, 0) is 13.1 Å². The predicted octanol–water partition coefficient (Wildman–Crippen LogP) is 3.07. The maximum absolute atomic E-state index is 13.7. The number of rotatable bonds is 6. The molecule has 4 nitrogen and oxygen atoms in total. The summed E-state index contributed by atoms with van der Waals surface area (Å²) in [5, 5.41) is 3.19. The lowest BCUT2D eigenvalue weighted by molar-refractivity contribution is 0.321. The highest BCUT2D eigenvalue weighted by Gasteiger charge is 2.04. The molecular formula is C14H15BrFN3O. The van der Waals surface area contributed by atoms with Crippen molar-refractivity contribution in [3.8, 4) is 5.75 Å². The molecule has 6 heteroatoms. The number of nitrogens with one attached hydrogen (secondary N) is 1. The van der Waals surface area contributed by atoms with Crippen LogP contribution in [0.4, 0.5) is 4.39 Å². The van der Waals surface area contributed by atoms with Crippen molar-refractivity contribution in [1.29, 1.82) is 0 Å². The van der Waals surface area contributed by atoms with E-state index in [0.717, 1.165) is 11.3 Å². The van der Waals surface area contributed by atoms with E-state index < -0.39 is 0 Å². The Morgan fingerprint density at radius 2 is 2.10 bits per heavy atom. The minimum atomic E-state index is -0.338. The summed E-state index contributed by atoms with van der Waals surface area (Å²) >= 11 is 3.23. The van der Waals surface area contributed by atoms with Crippen molar-refractivity contribution in [2.45, 2.75) is 20.0 Å². The van der Waals surface area contributed by atoms with Crippen molar-refractivity contribution in [2.24, 2.45) is 0 Å². The van der Waals surface area contributed by atoms with Gasteiger partial charge in [0.2, 0.25) is 0 Å². The van der Waals surface area contributed by atoms with Crippen molar-refractivity contribution in [2.75, 3.05) is 6.61 Å². The fraction of sp³-hybridized carbons (Fsp3) is 0.286. The molecule has 20 heavy (non-hydrogen) atoms. The average Bonchev–Trinajstić information content (AvgIpc) is 2.44. The van der Waals surface area contributed by atoms with Gasteiger partial charge in [0.1, 0.15) is 4.60 Å². The van der Waals surface area contributed by atoms with Crippen LogP contribution in [0.2, 0.25) is 0 Å². The first-order valence-electron chi connectivity index (χ1n) is 6.27. The third-order valence-corrected chi connectivity index (χ3v) is 3.01. The van der Waals surface area contributed by atoms with E-state index in [0.29, 0.717) is 24.3 Å². The molecular weight excluding hydrogens is 325 g/mol. The van der Waals surface area contributed by atoms with Crippen LogP contribution in [0.5, 0.6) is 5.75 Å². The van der Waals surface area contributed by atoms with Crippen LogP contribution in [-0.4, -0.2) is 16.6 Å². The summed E-state index contributed by atoms with van der Waals surface area (Å²) in [6.45, 7) is 3.42. The van der Waals surface area contributed by atoms with E-state index in [-0.39, 0.29) is 11.6 Å². The standard InChI is InChI=1S/C14H15BrFN3O/c1-2-20-13-4-3-10(5-12(13)16)6-17-7-11-8-19-14(15)9-18-11/h3-5,8-9,17H,2,6-7H2,1H3. The highest BCUT2D eigenvalue weighted by atomic mass is 79.9. The number of hydrogen-bond acceptors (Lipinski definition) is 4. The Bertz CT molecular complexity index is 563. The first kappa shape index (κ1) is 14.9. The highest BCUT2D eigenvalue weighted by Crippen LogP contribution is 2.18. The molecule has 1 heterocycles. The van der Waals surface area contributed by atoms with Crippen molar-refractivity contribution >= 4 is 15.9 Å². The van der Waals surface area contributed by atoms with Crippen LogP contribution in [0.3, 0.4) is 0 Å². The zero-order valence-electron chi connectivity index (χ0n) is 11.1. The zero-order valence-corrected chi connectivity index (χ0v) is 12.7. The Hall–Kier alpha value is -1.53. The number of aromatic nitrogens is 2. The molecule has 0 aliphatic rings. The lowest BCUT2D eigenvalue weighted by Crippen LogP contribution is -2.14. The van der Waals surface area contributed by atoms with Crippen molar-refractivity contribution < 1.29 is 9.13 Å². The second kappa shape index (κ2) is 7.31. The van der Waals surface area contributed by atoms with Crippen LogP contribution >= 0.6 is 15.9 Å². The van der Waals surface area contributed by atoms with Crippen LogP contribution in [0.15, 0.2) is 35.2 Å². The molecule has 0 amide bonds. The molecule has 0 spiro atoms. The molecule has 2 rings (SSSR count). The molecule has 1 N–H and O–H groups in total. The quantitative estimate of drug-likeness (QED) is 0.878. The van der Waals surface area contributed by atoms with Crippen LogP contribution < -0.4 is 10.1 Å². The summed E-state index contributed by atoms with van der Waals surface area (Å²) in [6.07, 6.45) is 3.34. The Morgan fingerprint density at radius 3 is 2.75 bits per heavy atom. The fourth-order valence-electron chi connectivity index (χ4n) is 1.69. The predicted molar refractivity (Wildman–Crippen MR) is 77.8 cm³/mol. The minimum absolute atomic E-state index is 0.287. The zero-order chi connectivity index (χ0) is 14.4. The summed E-state index contributed by atoms with van der Waals surface area (Å²) < 4.78 is 19.5. The average molecular weight is 340 g/mol. The summed E-state index contributed by atoms with van der Waals surface area (Å²) in [5.74, 6) is -0.0513. The van der Waals surface area contributed by atoms with Crippen LogP contribution in [0, 0.1) is 5.82 Å². The van der Waals surface area contributed by atoms with Crippen molar-refractivity contribution in [3.63, 3.8) is 0 Å². The van der Waals surface area contributed by atoms with Gasteiger partial charge in [-0.25, -0.2) is 9.37 Å². The van der Waals surface area contributed by atoms with E-state index >= 15 is 0 Å². The molecule has 0 saturated carbocycles. The topological polar surface area (TPSA) is 47.0 Å². The minimum Gasteiger partial charge on any atom is -0.491 e. The van der Waals surface area contributed by atoms with Gasteiger partial charge in [0.25, 0.3) is 0 Å².